The van der Waals surface area contributed by atoms with E-state index in [1.54, 1.807) is 19.1 Å². The molecule has 1 atom stereocenters. The van der Waals surface area contributed by atoms with Crippen molar-refractivity contribution in [3.05, 3.63) is 84.9 Å². The normalized spacial score (nSPS) is 12.3. The highest BCUT2D eigenvalue weighted by atomic mass is 35.5. The highest BCUT2D eigenvalue weighted by molar-refractivity contribution is 6.32. The van der Waals surface area contributed by atoms with Gasteiger partial charge in [0.15, 0.2) is 0 Å². The molecule has 8 nitrogen and oxygen atoms in total. The average Bonchev–Trinajstić information content (AvgIpc) is 2.78. The van der Waals surface area contributed by atoms with Crippen LogP contribution in [0.15, 0.2) is 46.0 Å². The third-order valence-electron chi connectivity index (χ3n) is 5.14. The predicted octanol–water partition coefficient (Wildman–Crippen LogP) is 2.75. The maximum Gasteiger partial charge on any atom is 0.431 e. The fourth-order valence-corrected chi connectivity index (χ4v) is 3.39. The van der Waals surface area contributed by atoms with E-state index in [1.807, 2.05) is 0 Å². The molecule has 0 aliphatic heterocycles. The maximum absolute atomic E-state index is 14.6. The van der Waals surface area contributed by atoms with Gasteiger partial charge in [-0.25, -0.2) is 13.8 Å². The number of carboxylic acid groups (broad SMARTS) is 1. The second-order valence-corrected chi connectivity index (χ2v) is 8.15. The predicted molar refractivity (Wildman–Crippen MR) is 118 cm³/mol. The molecule has 0 N–H and O–H groups in total. The number of ether oxygens (including phenoxy) is 2. The number of aryl methyl sites for hydroxylation is 1. The Bertz CT molecular complexity index is 1450. The summed E-state index contributed by atoms with van der Waals surface area (Å²) in [5, 5.41) is 10.7. The molecule has 1 heterocycles. The lowest BCUT2D eigenvalue weighted by atomic mass is 10.1. The molecule has 0 aliphatic rings. The second kappa shape index (κ2) is 10.1. The smallest absolute Gasteiger partial charge is 0.431 e. The molecule has 0 fully saturated rings. The summed E-state index contributed by atoms with van der Waals surface area (Å²) in [6.45, 7) is 2.81. The van der Waals surface area contributed by atoms with Gasteiger partial charge < -0.3 is 19.4 Å². The van der Waals surface area contributed by atoms with Gasteiger partial charge in [0.1, 0.15) is 35.7 Å². The molecule has 0 bridgehead atoms. The molecule has 2 aromatic carbocycles. The Morgan fingerprint density at radius 3 is 2.42 bits per heavy atom. The van der Waals surface area contributed by atoms with Crippen molar-refractivity contribution < 1.29 is 36.9 Å². The van der Waals surface area contributed by atoms with Crippen LogP contribution in [0.2, 0.25) is 5.02 Å². The van der Waals surface area contributed by atoms with E-state index < -0.39 is 46.7 Å². The molecule has 1 unspecified atom stereocenters. The van der Waals surface area contributed by atoms with Gasteiger partial charge in [0.25, 0.3) is 5.56 Å². The standard InChI is InChI=1S/C23H19ClF4N2O6/c1-11-4-5-13(6-17(11)36-12(2)21(32)33)10-35-18-8-16(15(25)7-14(18)24)30-20(31)9-19(23(26,27)28)29(3)22(30)34/h4-9,12H,10H2,1-3H3,(H,32,33)/p-1. The van der Waals surface area contributed by atoms with Gasteiger partial charge in [0.05, 0.1) is 16.7 Å². The van der Waals surface area contributed by atoms with Crippen molar-refractivity contribution in [2.75, 3.05) is 0 Å². The van der Waals surface area contributed by atoms with Crippen molar-refractivity contribution in [3.63, 3.8) is 0 Å². The third kappa shape index (κ3) is 5.54. The molecule has 0 aliphatic carbocycles. The first-order chi connectivity index (χ1) is 16.7. The molecule has 1 aromatic heterocycles. The molecule has 0 spiro atoms. The van der Waals surface area contributed by atoms with E-state index in [4.69, 9.17) is 21.1 Å². The van der Waals surface area contributed by atoms with Crippen LogP contribution in [0.1, 0.15) is 23.7 Å². The Morgan fingerprint density at radius 1 is 1.14 bits per heavy atom. The van der Waals surface area contributed by atoms with Crippen LogP contribution in [-0.2, 0) is 24.6 Å². The molecule has 0 radical (unpaired) electrons. The zero-order chi connectivity index (χ0) is 26.9. The summed E-state index contributed by atoms with van der Waals surface area (Å²) in [5.74, 6) is -2.48. The van der Waals surface area contributed by atoms with Crippen molar-refractivity contribution in [2.24, 2.45) is 7.05 Å². The molecule has 13 heteroatoms. The number of carboxylic acids is 1. The number of hydrogen-bond acceptors (Lipinski definition) is 6. The van der Waals surface area contributed by atoms with Crippen LogP contribution < -0.4 is 25.8 Å². The van der Waals surface area contributed by atoms with Crippen molar-refractivity contribution in [3.8, 4) is 17.2 Å². The topological polar surface area (TPSA) is 103 Å². The number of carbonyl (C=O) groups excluding carboxylic acids is 1. The van der Waals surface area contributed by atoms with E-state index in [2.05, 4.69) is 0 Å². The van der Waals surface area contributed by atoms with Crippen LogP contribution in [0.4, 0.5) is 17.6 Å². The Hall–Kier alpha value is -3.80. The first-order valence-electron chi connectivity index (χ1n) is 10.2. The van der Waals surface area contributed by atoms with Crippen molar-refractivity contribution in [1.82, 2.24) is 9.13 Å². The summed E-state index contributed by atoms with van der Waals surface area (Å²) in [6.07, 6.45) is -6.20. The van der Waals surface area contributed by atoms with Gasteiger partial charge in [-0.2, -0.15) is 13.2 Å². The van der Waals surface area contributed by atoms with Gasteiger partial charge in [0.2, 0.25) is 0 Å². The Balaban J connectivity index is 1.97. The fourth-order valence-electron chi connectivity index (χ4n) is 3.18. The van der Waals surface area contributed by atoms with Crippen LogP contribution in [0.25, 0.3) is 5.69 Å². The summed E-state index contributed by atoms with van der Waals surface area (Å²) in [5.41, 5.74) is -3.86. The van der Waals surface area contributed by atoms with E-state index in [1.165, 1.54) is 13.0 Å². The first-order valence-corrected chi connectivity index (χ1v) is 10.6. The van der Waals surface area contributed by atoms with E-state index in [9.17, 15) is 37.1 Å². The molecule has 0 saturated carbocycles. The van der Waals surface area contributed by atoms with Crippen LogP contribution >= 0.6 is 11.6 Å². The number of halogens is 5. The SMILES string of the molecule is Cc1ccc(COc2cc(-n3c(=O)cc(C(F)(F)F)n(C)c3=O)c(F)cc2Cl)cc1OC(C)C(=O)[O-]. The van der Waals surface area contributed by atoms with Gasteiger partial charge >= 0.3 is 11.9 Å². The summed E-state index contributed by atoms with van der Waals surface area (Å²) < 4.78 is 65.3. The third-order valence-corrected chi connectivity index (χ3v) is 5.43. The largest absolute Gasteiger partial charge is 0.546 e. The minimum Gasteiger partial charge on any atom is -0.546 e. The van der Waals surface area contributed by atoms with Crippen LogP contribution in [0, 0.1) is 12.7 Å². The van der Waals surface area contributed by atoms with E-state index >= 15 is 0 Å². The summed E-state index contributed by atoms with van der Waals surface area (Å²) >= 11 is 6.03. The van der Waals surface area contributed by atoms with Gasteiger partial charge in [0, 0.05) is 19.2 Å². The summed E-state index contributed by atoms with van der Waals surface area (Å²) in [7, 11) is 0.796. The second-order valence-electron chi connectivity index (χ2n) is 7.74. The highest BCUT2D eigenvalue weighted by Crippen LogP contribution is 2.31. The number of alkyl halides is 3. The average molecular weight is 530 g/mol. The number of rotatable bonds is 7. The summed E-state index contributed by atoms with van der Waals surface area (Å²) in [6, 6.07) is 6.62. The molecular formula is C23H18ClF4N2O6-. The minimum absolute atomic E-state index is 0.173. The van der Waals surface area contributed by atoms with Crippen molar-refractivity contribution in [2.45, 2.75) is 32.7 Å². The number of benzene rings is 2. The lowest BCUT2D eigenvalue weighted by Gasteiger charge is -2.18. The molecule has 3 rings (SSSR count). The monoisotopic (exact) mass is 529 g/mol. The molecular weight excluding hydrogens is 512 g/mol. The Labute approximate surface area is 205 Å². The number of nitrogens with zero attached hydrogens (tertiary/aromatic N) is 2. The van der Waals surface area contributed by atoms with Gasteiger partial charge in [-0.15, -0.1) is 0 Å². The Morgan fingerprint density at radius 2 is 1.81 bits per heavy atom. The lowest BCUT2D eigenvalue weighted by molar-refractivity contribution is -0.312. The maximum atomic E-state index is 14.6. The number of aromatic nitrogens is 2. The number of carbonyl (C=O) groups is 1. The zero-order valence-electron chi connectivity index (χ0n) is 19.0. The molecule has 0 saturated heterocycles. The lowest BCUT2D eigenvalue weighted by Crippen LogP contribution is -2.41. The quantitative estimate of drug-likeness (QED) is 0.436. The van der Waals surface area contributed by atoms with Gasteiger partial charge in [-0.1, -0.05) is 23.7 Å². The van der Waals surface area contributed by atoms with Crippen molar-refractivity contribution in [1.29, 1.82) is 0 Å². The number of hydrogen-bond donors (Lipinski definition) is 0. The van der Waals surface area contributed by atoms with E-state index in [-0.39, 0.29) is 38.3 Å². The van der Waals surface area contributed by atoms with Crippen LogP contribution in [0.5, 0.6) is 11.5 Å². The Kier molecular flexibility index (Phi) is 7.48. The van der Waals surface area contributed by atoms with E-state index in [0.29, 0.717) is 11.1 Å². The minimum atomic E-state index is -4.98. The van der Waals surface area contributed by atoms with Gasteiger partial charge in [-0.3, -0.25) is 9.36 Å². The highest BCUT2D eigenvalue weighted by Gasteiger charge is 2.35. The van der Waals surface area contributed by atoms with E-state index in [0.717, 1.165) is 19.2 Å². The van der Waals surface area contributed by atoms with Crippen molar-refractivity contribution >= 4 is 17.6 Å². The summed E-state index contributed by atoms with van der Waals surface area (Å²) in [4.78, 5) is 35.8. The zero-order valence-corrected chi connectivity index (χ0v) is 19.7. The number of aliphatic carboxylic acids is 1. The van der Waals surface area contributed by atoms with Crippen LogP contribution in [0.3, 0.4) is 0 Å². The molecule has 36 heavy (non-hydrogen) atoms. The molecule has 3 aromatic rings. The van der Waals surface area contributed by atoms with Crippen LogP contribution in [-0.4, -0.2) is 21.2 Å². The fraction of sp³-hybridized carbons (Fsp3) is 0.261. The van der Waals surface area contributed by atoms with Gasteiger partial charge in [-0.05, 0) is 37.1 Å². The molecule has 0 amide bonds. The molecule has 192 valence electrons. The first kappa shape index (κ1) is 26.8.